The molecule has 0 aliphatic rings. The molecule has 0 fully saturated rings. The first-order valence-corrected chi connectivity index (χ1v) is 8.49. The van der Waals surface area contributed by atoms with Crippen molar-refractivity contribution in [3.05, 3.63) is 65.6 Å². The number of ketones is 2. The van der Waals surface area contributed by atoms with E-state index in [1.54, 1.807) is 6.20 Å². The van der Waals surface area contributed by atoms with E-state index >= 15 is 0 Å². The van der Waals surface area contributed by atoms with Crippen LogP contribution in [0.1, 0.15) is 35.5 Å². The van der Waals surface area contributed by atoms with Gasteiger partial charge in [-0.15, -0.1) is 0 Å². The molecule has 0 aliphatic heterocycles. The van der Waals surface area contributed by atoms with Crippen molar-refractivity contribution < 1.29 is 9.59 Å². The molecule has 0 amide bonds. The molecule has 4 nitrogen and oxygen atoms in total. The van der Waals surface area contributed by atoms with E-state index < -0.39 is 0 Å². The van der Waals surface area contributed by atoms with Crippen molar-refractivity contribution in [2.24, 2.45) is 13.0 Å². The number of para-hydroxylation sites is 1. The van der Waals surface area contributed by atoms with Crippen LogP contribution in [0.15, 0.2) is 48.8 Å². The number of fused-ring (bicyclic) bond motifs is 1. The summed E-state index contributed by atoms with van der Waals surface area (Å²) in [4.78, 5) is 28.8. The molecule has 25 heavy (non-hydrogen) atoms. The Morgan fingerprint density at radius 3 is 2.52 bits per heavy atom. The molecule has 0 spiro atoms. The van der Waals surface area contributed by atoms with E-state index in [0.29, 0.717) is 12.8 Å². The zero-order valence-corrected chi connectivity index (χ0v) is 14.8. The molecule has 1 aromatic carbocycles. The van der Waals surface area contributed by atoms with Gasteiger partial charge in [-0.2, -0.15) is 0 Å². The molecule has 2 aromatic heterocycles. The lowest BCUT2D eigenvalue weighted by Crippen LogP contribution is -2.11. The first-order chi connectivity index (χ1) is 12.0. The Kier molecular flexibility index (Phi) is 4.79. The van der Waals surface area contributed by atoms with Crippen LogP contribution in [0, 0.1) is 5.92 Å². The van der Waals surface area contributed by atoms with Gasteiger partial charge in [0, 0.05) is 60.4 Å². The Balaban J connectivity index is 1.75. The minimum Gasteiger partial charge on any atom is -0.350 e. The highest BCUT2D eigenvalue weighted by molar-refractivity contribution is 6.08. The molecule has 0 aliphatic carbocycles. The number of Topliss-reactive ketones (excluding diaryl/α,β-unsaturated/α-hetero) is 2. The molecule has 2 heterocycles. The van der Waals surface area contributed by atoms with E-state index in [-0.39, 0.29) is 17.5 Å². The molecule has 128 valence electrons. The molecule has 0 radical (unpaired) electrons. The van der Waals surface area contributed by atoms with Crippen molar-refractivity contribution in [1.82, 2.24) is 9.55 Å². The van der Waals surface area contributed by atoms with Gasteiger partial charge in [-0.25, -0.2) is 0 Å². The summed E-state index contributed by atoms with van der Waals surface area (Å²) >= 11 is 0. The average Bonchev–Trinajstić information content (AvgIpc) is 2.94. The molecule has 0 unspecified atom stereocenters. The fourth-order valence-electron chi connectivity index (χ4n) is 2.89. The van der Waals surface area contributed by atoms with Gasteiger partial charge < -0.3 is 4.57 Å². The predicted octanol–water partition coefficient (Wildman–Crippen LogP) is 3.77. The molecule has 0 saturated carbocycles. The topological polar surface area (TPSA) is 52.0 Å². The van der Waals surface area contributed by atoms with Gasteiger partial charge in [0.15, 0.2) is 5.78 Å². The summed E-state index contributed by atoms with van der Waals surface area (Å²) in [5, 5.41) is 0.974. The van der Waals surface area contributed by atoms with Gasteiger partial charge in [-0.3, -0.25) is 14.6 Å². The molecule has 3 aromatic rings. The number of benzene rings is 1. The van der Waals surface area contributed by atoms with Gasteiger partial charge >= 0.3 is 0 Å². The molecule has 3 rings (SSSR count). The van der Waals surface area contributed by atoms with Crippen LogP contribution in [0.5, 0.6) is 0 Å². The number of carbonyl (C=O) groups excluding carboxylic acids is 2. The molecule has 0 N–H and O–H groups in total. The standard InChI is InChI=1S/C21H22N2O2/c1-14(2)20(24)11-16-9-8-15(12-22-16)10-21(25)18-13-23(3)19-7-5-4-6-17(18)19/h4-9,12-14H,10-11H2,1-3H3. The number of aromatic nitrogens is 2. The number of nitrogens with zero attached hydrogens (tertiary/aromatic N) is 2. The Morgan fingerprint density at radius 1 is 1.08 bits per heavy atom. The van der Waals surface area contributed by atoms with Crippen molar-refractivity contribution in [1.29, 1.82) is 0 Å². The monoisotopic (exact) mass is 334 g/mol. The fraction of sp³-hybridized carbons (Fsp3) is 0.286. The van der Waals surface area contributed by atoms with Gasteiger partial charge in [0.1, 0.15) is 5.78 Å². The summed E-state index contributed by atoms with van der Waals surface area (Å²) < 4.78 is 1.97. The van der Waals surface area contributed by atoms with E-state index in [4.69, 9.17) is 0 Å². The highest BCUT2D eigenvalue weighted by atomic mass is 16.1. The number of hydrogen-bond donors (Lipinski definition) is 0. The first-order valence-electron chi connectivity index (χ1n) is 8.49. The van der Waals surface area contributed by atoms with Crippen LogP contribution in [0.25, 0.3) is 10.9 Å². The van der Waals surface area contributed by atoms with Gasteiger partial charge in [0.05, 0.1) is 0 Å². The maximum Gasteiger partial charge on any atom is 0.169 e. The van der Waals surface area contributed by atoms with Crippen molar-refractivity contribution in [2.75, 3.05) is 0 Å². The predicted molar refractivity (Wildman–Crippen MR) is 98.7 cm³/mol. The van der Waals surface area contributed by atoms with E-state index in [1.165, 1.54) is 0 Å². The van der Waals surface area contributed by atoms with E-state index in [1.807, 2.05) is 68.1 Å². The van der Waals surface area contributed by atoms with E-state index in [0.717, 1.165) is 27.7 Å². The SMILES string of the molecule is CC(C)C(=O)Cc1ccc(CC(=O)c2cn(C)c3ccccc23)cn1. The van der Waals surface area contributed by atoms with Gasteiger partial charge in [0.25, 0.3) is 0 Å². The van der Waals surface area contributed by atoms with Crippen LogP contribution in [-0.2, 0) is 24.7 Å². The third-order valence-corrected chi connectivity index (χ3v) is 4.45. The minimum atomic E-state index is 0.00872. The number of carbonyl (C=O) groups is 2. The van der Waals surface area contributed by atoms with Crippen LogP contribution in [-0.4, -0.2) is 21.1 Å². The number of aryl methyl sites for hydroxylation is 1. The number of rotatable bonds is 6. The van der Waals surface area contributed by atoms with Gasteiger partial charge in [0.2, 0.25) is 0 Å². The second kappa shape index (κ2) is 7.01. The summed E-state index contributed by atoms with van der Waals surface area (Å²) in [5.41, 5.74) is 3.39. The average molecular weight is 334 g/mol. The van der Waals surface area contributed by atoms with Crippen molar-refractivity contribution in [2.45, 2.75) is 26.7 Å². The van der Waals surface area contributed by atoms with E-state index in [2.05, 4.69) is 4.98 Å². The molecule has 0 bridgehead atoms. The van der Waals surface area contributed by atoms with Crippen LogP contribution in [0.3, 0.4) is 0 Å². The van der Waals surface area contributed by atoms with Crippen LogP contribution < -0.4 is 0 Å². The lowest BCUT2D eigenvalue weighted by molar-refractivity contribution is -0.121. The van der Waals surface area contributed by atoms with Crippen molar-refractivity contribution in [3.8, 4) is 0 Å². The zero-order valence-electron chi connectivity index (χ0n) is 14.8. The highest BCUT2D eigenvalue weighted by Crippen LogP contribution is 2.22. The second-order valence-electron chi connectivity index (χ2n) is 6.73. The van der Waals surface area contributed by atoms with Gasteiger partial charge in [-0.05, 0) is 17.7 Å². The second-order valence-corrected chi connectivity index (χ2v) is 6.73. The maximum absolute atomic E-state index is 12.7. The zero-order chi connectivity index (χ0) is 18.0. The summed E-state index contributed by atoms with van der Waals surface area (Å²) in [5.74, 6) is 0.256. The van der Waals surface area contributed by atoms with Crippen LogP contribution in [0.2, 0.25) is 0 Å². The molecule has 0 saturated heterocycles. The third-order valence-electron chi connectivity index (χ3n) is 4.45. The maximum atomic E-state index is 12.7. The summed E-state index contributed by atoms with van der Waals surface area (Å²) in [6.07, 6.45) is 4.23. The minimum absolute atomic E-state index is 0.00872. The van der Waals surface area contributed by atoms with Crippen molar-refractivity contribution in [3.63, 3.8) is 0 Å². The Labute approximate surface area is 147 Å². The number of hydrogen-bond acceptors (Lipinski definition) is 3. The van der Waals surface area contributed by atoms with E-state index in [9.17, 15) is 9.59 Å². The highest BCUT2D eigenvalue weighted by Gasteiger charge is 2.15. The Hall–Kier alpha value is -2.75. The molecular weight excluding hydrogens is 312 g/mol. The fourth-order valence-corrected chi connectivity index (χ4v) is 2.89. The Bertz CT molecular complexity index is 921. The quantitative estimate of drug-likeness (QED) is 0.645. The normalized spacial score (nSPS) is 11.2. The smallest absolute Gasteiger partial charge is 0.169 e. The lowest BCUT2D eigenvalue weighted by Gasteiger charge is -2.05. The summed E-state index contributed by atoms with van der Waals surface area (Å²) in [6.45, 7) is 3.78. The molecular formula is C21H22N2O2. The largest absolute Gasteiger partial charge is 0.350 e. The molecule has 4 heteroatoms. The third kappa shape index (κ3) is 3.68. The van der Waals surface area contributed by atoms with Crippen LogP contribution in [0.4, 0.5) is 0 Å². The van der Waals surface area contributed by atoms with Crippen LogP contribution >= 0.6 is 0 Å². The lowest BCUT2D eigenvalue weighted by atomic mass is 10.0. The summed E-state index contributed by atoms with van der Waals surface area (Å²) in [7, 11) is 1.95. The number of pyridine rings is 1. The summed E-state index contributed by atoms with van der Waals surface area (Å²) in [6, 6.07) is 11.6. The van der Waals surface area contributed by atoms with Gasteiger partial charge in [-0.1, -0.05) is 38.1 Å². The van der Waals surface area contributed by atoms with Crippen molar-refractivity contribution >= 4 is 22.5 Å². The molecule has 0 atom stereocenters. The first kappa shape index (κ1) is 17.1. The Morgan fingerprint density at radius 2 is 1.84 bits per heavy atom.